The molecule has 1 aromatic heterocycles. The number of pyridine rings is 1. The van der Waals surface area contributed by atoms with E-state index in [9.17, 15) is 13.6 Å². The third-order valence-electron chi connectivity index (χ3n) is 2.59. The lowest BCUT2D eigenvalue weighted by Gasteiger charge is -2.26. The summed E-state index contributed by atoms with van der Waals surface area (Å²) in [6.45, 7) is 0.344. The SMILES string of the molecule is O=C(NC1CCCOC1F)c1ccncc1F. The molecule has 0 radical (unpaired) electrons. The van der Waals surface area contributed by atoms with Gasteiger partial charge in [0.25, 0.3) is 5.91 Å². The van der Waals surface area contributed by atoms with E-state index in [1.807, 2.05) is 0 Å². The molecule has 2 atom stereocenters. The predicted molar refractivity (Wildman–Crippen MR) is 55.5 cm³/mol. The first-order chi connectivity index (χ1) is 8.18. The highest BCUT2D eigenvalue weighted by Gasteiger charge is 2.27. The Morgan fingerprint density at radius 2 is 2.41 bits per heavy atom. The lowest BCUT2D eigenvalue weighted by atomic mass is 10.1. The zero-order valence-electron chi connectivity index (χ0n) is 9.03. The van der Waals surface area contributed by atoms with E-state index >= 15 is 0 Å². The van der Waals surface area contributed by atoms with Crippen LogP contribution in [0.3, 0.4) is 0 Å². The zero-order valence-corrected chi connectivity index (χ0v) is 9.03. The van der Waals surface area contributed by atoms with Gasteiger partial charge in [0.05, 0.1) is 24.4 Å². The number of nitrogens with zero attached hydrogens (tertiary/aromatic N) is 1. The first kappa shape index (κ1) is 11.9. The van der Waals surface area contributed by atoms with Gasteiger partial charge in [-0.2, -0.15) is 0 Å². The van der Waals surface area contributed by atoms with Crippen LogP contribution in [-0.4, -0.2) is 29.9 Å². The van der Waals surface area contributed by atoms with Crippen molar-refractivity contribution < 1.29 is 18.3 Å². The molecule has 2 heterocycles. The van der Waals surface area contributed by atoms with Crippen molar-refractivity contribution in [3.8, 4) is 0 Å². The fourth-order valence-corrected chi connectivity index (χ4v) is 1.69. The van der Waals surface area contributed by atoms with Crippen molar-refractivity contribution in [3.05, 3.63) is 29.8 Å². The van der Waals surface area contributed by atoms with Crippen LogP contribution in [0.4, 0.5) is 8.78 Å². The molecule has 92 valence electrons. The van der Waals surface area contributed by atoms with E-state index in [-0.39, 0.29) is 5.56 Å². The van der Waals surface area contributed by atoms with Gasteiger partial charge in [0, 0.05) is 6.20 Å². The Morgan fingerprint density at radius 3 is 3.12 bits per heavy atom. The highest BCUT2D eigenvalue weighted by atomic mass is 19.1. The molecule has 1 aromatic rings. The van der Waals surface area contributed by atoms with Gasteiger partial charge in [0.15, 0.2) is 5.82 Å². The Hall–Kier alpha value is -1.56. The average Bonchev–Trinajstić information content (AvgIpc) is 2.32. The normalized spacial score (nSPS) is 24.4. The van der Waals surface area contributed by atoms with Gasteiger partial charge in [-0.3, -0.25) is 9.78 Å². The Morgan fingerprint density at radius 1 is 1.59 bits per heavy atom. The number of nitrogens with one attached hydrogen (secondary N) is 1. The number of alkyl halides is 1. The summed E-state index contributed by atoms with van der Waals surface area (Å²) in [6.07, 6.45) is 1.88. The van der Waals surface area contributed by atoms with Gasteiger partial charge in [-0.05, 0) is 18.9 Å². The third kappa shape index (κ3) is 2.76. The molecule has 0 aliphatic carbocycles. The molecule has 4 nitrogen and oxygen atoms in total. The van der Waals surface area contributed by atoms with Crippen LogP contribution in [0, 0.1) is 5.82 Å². The summed E-state index contributed by atoms with van der Waals surface area (Å²) in [5.74, 6) is -1.37. The first-order valence-corrected chi connectivity index (χ1v) is 5.34. The van der Waals surface area contributed by atoms with Gasteiger partial charge < -0.3 is 10.1 Å². The predicted octanol–water partition coefficient (Wildman–Crippen LogP) is 1.43. The summed E-state index contributed by atoms with van der Waals surface area (Å²) in [5.41, 5.74) is -0.141. The van der Waals surface area contributed by atoms with Crippen molar-refractivity contribution in [2.24, 2.45) is 0 Å². The fraction of sp³-hybridized carbons (Fsp3) is 0.455. The van der Waals surface area contributed by atoms with Crippen LogP contribution in [-0.2, 0) is 4.74 Å². The maximum Gasteiger partial charge on any atom is 0.254 e. The minimum absolute atomic E-state index is 0.141. The molecule has 1 aliphatic heterocycles. The molecule has 0 aromatic carbocycles. The van der Waals surface area contributed by atoms with Crippen LogP contribution < -0.4 is 5.32 Å². The van der Waals surface area contributed by atoms with Gasteiger partial charge in [0.2, 0.25) is 6.36 Å². The number of rotatable bonds is 2. The molecule has 1 saturated heterocycles. The quantitative estimate of drug-likeness (QED) is 0.853. The van der Waals surface area contributed by atoms with Crippen molar-refractivity contribution >= 4 is 5.91 Å². The molecule has 0 spiro atoms. The van der Waals surface area contributed by atoms with E-state index < -0.39 is 24.1 Å². The van der Waals surface area contributed by atoms with Crippen LogP contribution in [0.1, 0.15) is 23.2 Å². The second-order valence-electron chi connectivity index (χ2n) is 3.80. The molecule has 1 N–H and O–H groups in total. The largest absolute Gasteiger partial charge is 0.347 e. The number of hydrogen-bond donors (Lipinski definition) is 1. The van der Waals surface area contributed by atoms with E-state index in [0.29, 0.717) is 19.4 Å². The Bertz CT molecular complexity index is 414. The summed E-state index contributed by atoms with van der Waals surface area (Å²) in [6, 6.07) is 0.533. The number of amides is 1. The molecule has 0 saturated carbocycles. The van der Waals surface area contributed by atoms with Crippen molar-refractivity contribution in [2.45, 2.75) is 25.2 Å². The Labute approximate surface area is 97.0 Å². The molecule has 2 rings (SSSR count). The second-order valence-corrected chi connectivity index (χ2v) is 3.80. The number of carbonyl (C=O) groups excluding carboxylic acids is 1. The van der Waals surface area contributed by atoms with Crippen molar-refractivity contribution in [3.63, 3.8) is 0 Å². The van der Waals surface area contributed by atoms with Crippen LogP contribution in [0.5, 0.6) is 0 Å². The molecule has 0 bridgehead atoms. The molecule has 1 aliphatic rings. The first-order valence-electron chi connectivity index (χ1n) is 5.34. The maximum absolute atomic E-state index is 13.3. The molecular weight excluding hydrogens is 230 g/mol. The van der Waals surface area contributed by atoms with Crippen LogP contribution >= 0.6 is 0 Å². The Balaban J connectivity index is 2.04. The van der Waals surface area contributed by atoms with Gasteiger partial charge >= 0.3 is 0 Å². The van der Waals surface area contributed by atoms with Crippen molar-refractivity contribution in [2.75, 3.05) is 6.61 Å². The van der Waals surface area contributed by atoms with Crippen molar-refractivity contribution in [1.82, 2.24) is 10.3 Å². The molecule has 17 heavy (non-hydrogen) atoms. The average molecular weight is 242 g/mol. The van der Waals surface area contributed by atoms with Crippen molar-refractivity contribution in [1.29, 1.82) is 0 Å². The van der Waals surface area contributed by atoms with E-state index in [1.54, 1.807) is 0 Å². The second kappa shape index (κ2) is 5.18. The topological polar surface area (TPSA) is 51.2 Å². The van der Waals surface area contributed by atoms with Gasteiger partial charge in [-0.1, -0.05) is 0 Å². The van der Waals surface area contributed by atoms with Gasteiger partial charge in [-0.15, -0.1) is 0 Å². The van der Waals surface area contributed by atoms with E-state index in [0.717, 1.165) is 6.20 Å². The number of halogens is 2. The standard InChI is InChI=1S/C11H12F2N2O2/c12-8-6-14-4-3-7(8)11(16)15-9-2-1-5-17-10(9)13/h3-4,6,9-10H,1-2,5H2,(H,15,16). The van der Waals surface area contributed by atoms with E-state index in [2.05, 4.69) is 10.3 Å². The van der Waals surface area contributed by atoms with E-state index in [4.69, 9.17) is 4.74 Å². The summed E-state index contributed by atoms with van der Waals surface area (Å²) in [4.78, 5) is 15.2. The van der Waals surface area contributed by atoms with Crippen LogP contribution in [0.25, 0.3) is 0 Å². The van der Waals surface area contributed by atoms with Gasteiger partial charge in [-0.25, -0.2) is 8.78 Å². The monoisotopic (exact) mass is 242 g/mol. The van der Waals surface area contributed by atoms with Gasteiger partial charge in [0.1, 0.15) is 0 Å². The molecule has 6 heteroatoms. The number of hydrogen-bond acceptors (Lipinski definition) is 3. The zero-order chi connectivity index (χ0) is 12.3. The van der Waals surface area contributed by atoms with Crippen LogP contribution in [0.2, 0.25) is 0 Å². The van der Waals surface area contributed by atoms with E-state index in [1.165, 1.54) is 12.3 Å². The van der Waals surface area contributed by atoms with Crippen LogP contribution in [0.15, 0.2) is 18.5 Å². The lowest BCUT2D eigenvalue weighted by molar-refractivity contribution is -0.0871. The third-order valence-corrected chi connectivity index (χ3v) is 2.59. The minimum atomic E-state index is -1.53. The molecule has 1 amide bonds. The summed E-state index contributed by atoms with van der Waals surface area (Å²) in [7, 11) is 0. The molecule has 1 fully saturated rings. The highest BCUT2D eigenvalue weighted by Crippen LogP contribution is 2.16. The summed E-state index contributed by atoms with van der Waals surface area (Å²) in [5, 5.41) is 2.42. The molecular formula is C11H12F2N2O2. The number of carbonyl (C=O) groups is 1. The maximum atomic E-state index is 13.3. The Kier molecular flexibility index (Phi) is 3.63. The minimum Gasteiger partial charge on any atom is -0.347 e. The highest BCUT2D eigenvalue weighted by molar-refractivity contribution is 5.94. The summed E-state index contributed by atoms with van der Waals surface area (Å²) < 4.78 is 31.3. The fourth-order valence-electron chi connectivity index (χ4n) is 1.69. The lowest BCUT2D eigenvalue weighted by Crippen LogP contribution is -2.45. The number of ether oxygens (including phenoxy) is 1. The molecule has 2 unspecified atom stereocenters. The summed E-state index contributed by atoms with van der Waals surface area (Å²) >= 11 is 0. The smallest absolute Gasteiger partial charge is 0.254 e. The number of aromatic nitrogens is 1.